The molecule has 1 heterocycles. The number of nitrogens with two attached hydrogens (primary N) is 1. The molecule has 0 spiro atoms. The van der Waals surface area contributed by atoms with Crippen molar-refractivity contribution in [3.63, 3.8) is 0 Å². The van der Waals surface area contributed by atoms with Crippen molar-refractivity contribution < 1.29 is 4.79 Å². The van der Waals surface area contributed by atoms with Crippen molar-refractivity contribution >= 4 is 5.91 Å². The molecule has 3 N–H and O–H groups in total. The maximum Gasteiger partial charge on any atom is 0.223 e. The minimum atomic E-state index is 0.135. The van der Waals surface area contributed by atoms with E-state index >= 15 is 0 Å². The Morgan fingerprint density at radius 3 is 2.84 bits per heavy atom. The normalized spacial score (nSPS) is 37.0. The lowest BCUT2D eigenvalue weighted by molar-refractivity contribution is -0.127. The van der Waals surface area contributed by atoms with Crippen LogP contribution < -0.4 is 11.1 Å². The zero-order chi connectivity index (χ0) is 13.8. The van der Waals surface area contributed by atoms with E-state index in [-0.39, 0.29) is 17.9 Å². The molecule has 4 heteroatoms. The zero-order valence-corrected chi connectivity index (χ0v) is 12.4. The third-order valence-electron chi connectivity index (χ3n) is 4.65. The second kappa shape index (κ2) is 6.71. The molecular formula is C15H29N3O. The lowest BCUT2D eigenvalue weighted by Gasteiger charge is -2.35. The van der Waals surface area contributed by atoms with Crippen LogP contribution in [0.5, 0.6) is 0 Å². The number of hydrogen-bond acceptors (Lipinski definition) is 3. The van der Waals surface area contributed by atoms with Crippen LogP contribution >= 0.6 is 0 Å². The van der Waals surface area contributed by atoms with Crippen LogP contribution in [0.4, 0.5) is 0 Å². The number of rotatable bonds is 3. The number of likely N-dealkylation sites (tertiary alicyclic amines) is 1. The van der Waals surface area contributed by atoms with Crippen molar-refractivity contribution in [1.82, 2.24) is 10.2 Å². The molecule has 110 valence electrons. The van der Waals surface area contributed by atoms with Gasteiger partial charge >= 0.3 is 0 Å². The van der Waals surface area contributed by atoms with Gasteiger partial charge in [0.2, 0.25) is 5.91 Å². The number of amides is 1. The van der Waals surface area contributed by atoms with Crippen molar-refractivity contribution in [2.75, 3.05) is 19.6 Å². The first-order chi connectivity index (χ1) is 9.08. The van der Waals surface area contributed by atoms with Gasteiger partial charge < -0.3 is 16.0 Å². The van der Waals surface area contributed by atoms with Crippen LogP contribution in [0, 0.1) is 11.8 Å². The molecule has 0 aromatic carbocycles. The van der Waals surface area contributed by atoms with Gasteiger partial charge in [0.05, 0.1) is 0 Å². The lowest BCUT2D eigenvalue weighted by Crippen LogP contribution is -2.50. The Balaban J connectivity index is 1.83. The van der Waals surface area contributed by atoms with Gasteiger partial charge in [0.1, 0.15) is 0 Å². The summed E-state index contributed by atoms with van der Waals surface area (Å²) in [6.07, 6.45) is 5.25. The van der Waals surface area contributed by atoms with E-state index in [2.05, 4.69) is 24.1 Å². The molecule has 2 aliphatic rings. The van der Waals surface area contributed by atoms with Crippen LogP contribution in [0.2, 0.25) is 0 Å². The first-order valence-electron chi connectivity index (χ1n) is 7.86. The fourth-order valence-corrected chi connectivity index (χ4v) is 3.65. The van der Waals surface area contributed by atoms with E-state index in [0.29, 0.717) is 12.0 Å². The molecule has 1 saturated carbocycles. The summed E-state index contributed by atoms with van der Waals surface area (Å²) in [7, 11) is 0. The molecule has 2 rings (SSSR count). The molecule has 19 heavy (non-hydrogen) atoms. The number of carbonyl (C=O) groups excluding carboxylic acids is 1. The molecule has 4 nitrogen and oxygen atoms in total. The molecule has 0 bridgehead atoms. The third kappa shape index (κ3) is 4.18. The standard InChI is InChI=1S/C15H29N3O/c1-3-18-6-4-5-14(10-18)17-15(19)12-7-11(2)8-13(16)9-12/h11-14H,3-10,16H2,1-2H3,(H,17,19). The maximum atomic E-state index is 12.4. The largest absolute Gasteiger partial charge is 0.352 e. The highest BCUT2D eigenvalue weighted by atomic mass is 16.1. The molecule has 2 fully saturated rings. The van der Waals surface area contributed by atoms with Gasteiger partial charge in [-0.3, -0.25) is 4.79 Å². The molecule has 1 saturated heterocycles. The van der Waals surface area contributed by atoms with Crippen LogP contribution in [0.3, 0.4) is 0 Å². The Hall–Kier alpha value is -0.610. The summed E-state index contributed by atoms with van der Waals surface area (Å²) in [5.41, 5.74) is 6.04. The van der Waals surface area contributed by atoms with Gasteiger partial charge in [0, 0.05) is 24.5 Å². The number of nitrogens with zero attached hydrogens (tertiary/aromatic N) is 1. The summed E-state index contributed by atoms with van der Waals surface area (Å²) in [6, 6.07) is 0.549. The predicted octanol–water partition coefficient (Wildman–Crippen LogP) is 1.35. The molecule has 4 unspecified atom stereocenters. The van der Waals surface area contributed by atoms with Gasteiger partial charge in [-0.2, -0.15) is 0 Å². The number of likely N-dealkylation sites (N-methyl/N-ethyl adjacent to an activating group) is 1. The highest BCUT2D eigenvalue weighted by Crippen LogP contribution is 2.28. The Bertz CT molecular complexity index is 298. The maximum absolute atomic E-state index is 12.4. The van der Waals surface area contributed by atoms with Gasteiger partial charge in [-0.05, 0) is 51.1 Å². The Labute approximate surface area is 117 Å². The number of carbonyl (C=O) groups is 1. The summed E-state index contributed by atoms with van der Waals surface area (Å²) >= 11 is 0. The average molecular weight is 267 g/mol. The van der Waals surface area contributed by atoms with Crippen molar-refractivity contribution in [1.29, 1.82) is 0 Å². The Morgan fingerprint density at radius 1 is 1.37 bits per heavy atom. The van der Waals surface area contributed by atoms with Gasteiger partial charge in [-0.1, -0.05) is 13.8 Å². The van der Waals surface area contributed by atoms with Gasteiger partial charge in [-0.15, -0.1) is 0 Å². The summed E-state index contributed by atoms with van der Waals surface area (Å²) in [6.45, 7) is 7.66. The van der Waals surface area contributed by atoms with Crippen LogP contribution in [0.1, 0.15) is 46.0 Å². The van der Waals surface area contributed by atoms with E-state index in [4.69, 9.17) is 5.73 Å². The first-order valence-corrected chi connectivity index (χ1v) is 7.86. The van der Waals surface area contributed by atoms with Gasteiger partial charge in [0.25, 0.3) is 0 Å². The van der Waals surface area contributed by atoms with E-state index in [1.54, 1.807) is 0 Å². The van der Waals surface area contributed by atoms with Crippen LogP contribution in [0.25, 0.3) is 0 Å². The van der Waals surface area contributed by atoms with Crippen LogP contribution in [0.15, 0.2) is 0 Å². The first kappa shape index (κ1) is 14.8. The SMILES string of the molecule is CCN1CCCC(NC(=O)C2CC(C)CC(N)C2)C1. The van der Waals surface area contributed by atoms with E-state index in [1.165, 1.54) is 13.0 Å². The van der Waals surface area contributed by atoms with Crippen molar-refractivity contribution in [2.45, 2.75) is 58.0 Å². The molecule has 0 radical (unpaired) electrons. The minimum Gasteiger partial charge on any atom is -0.352 e. The molecule has 1 aliphatic heterocycles. The molecule has 1 amide bonds. The van der Waals surface area contributed by atoms with E-state index in [9.17, 15) is 4.79 Å². The third-order valence-corrected chi connectivity index (χ3v) is 4.65. The predicted molar refractivity (Wildman–Crippen MR) is 77.8 cm³/mol. The Morgan fingerprint density at radius 2 is 2.16 bits per heavy atom. The van der Waals surface area contributed by atoms with E-state index in [0.717, 1.165) is 38.8 Å². The monoisotopic (exact) mass is 267 g/mol. The van der Waals surface area contributed by atoms with Crippen molar-refractivity contribution in [2.24, 2.45) is 17.6 Å². The summed E-state index contributed by atoms with van der Waals surface area (Å²) in [5, 5.41) is 3.26. The van der Waals surface area contributed by atoms with Crippen LogP contribution in [-0.2, 0) is 4.79 Å². The lowest BCUT2D eigenvalue weighted by atomic mass is 9.79. The summed E-state index contributed by atoms with van der Waals surface area (Å²) in [4.78, 5) is 14.8. The smallest absolute Gasteiger partial charge is 0.223 e. The summed E-state index contributed by atoms with van der Waals surface area (Å²) in [5.74, 6) is 0.957. The number of hydrogen-bond donors (Lipinski definition) is 2. The molecule has 1 aliphatic carbocycles. The molecule has 0 aromatic rings. The zero-order valence-electron chi connectivity index (χ0n) is 12.4. The highest BCUT2D eigenvalue weighted by Gasteiger charge is 2.31. The quantitative estimate of drug-likeness (QED) is 0.811. The van der Waals surface area contributed by atoms with E-state index < -0.39 is 0 Å². The van der Waals surface area contributed by atoms with Gasteiger partial charge in [0.15, 0.2) is 0 Å². The number of nitrogens with one attached hydrogen (secondary N) is 1. The molecule has 0 aromatic heterocycles. The molecular weight excluding hydrogens is 238 g/mol. The average Bonchev–Trinajstić information content (AvgIpc) is 2.37. The second-order valence-corrected chi connectivity index (χ2v) is 6.51. The summed E-state index contributed by atoms with van der Waals surface area (Å²) < 4.78 is 0. The fourth-order valence-electron chi connectivity index (χ4n) is 3.65. The molecule has 4 atom stereocenters. The van der Waals surface area contributed by atoms with Crippen molar-refractivity contribution in [3.05, 3.63) is 0 Å². The topological polar surface area (TPSA) is 58.4 Å². The van der Waals surface area contributed by atoms with E-state index in [1.807, 2.05) is 0 Å². The minimum absolute atomic E-state index is 0.135. The fraction of sp³-hybridized carbons (Fsp3) is 0.933. The second-order valence-electron chi connectivity index (χ2n) is 6.51. The van der Waals surface area contributed by atoms with Crippen molar-refractivity contribution in [3.8, 4) is 0 Å². The Kier molecular flexibility index (Phi) is 5.22. The number of piperidine rings is 1. The highest BCUT2D eigenvalue weighted by molar-refractivity contribution is 5.79. The van der Waals surface area contributed by atoms with Crippen LogP contribution in [-0.4, -0.2) is 42.5 Å². The van der Waals surface area contributed by atoms with Gasteiger partial charge in [-0.25, -0.2) is 0 Å².